The number of carboxylic acids is 3. The molecule has 0 aromatic heterocycles. The molecule has 1 aromatic carbocycles. The minimum Gasteiger partial charge on any atom is -0.480 e. The molecule has 0 saturated carbocycles. The first kappa shape index (κ1) is 28.6. The lowest BCUT2D eigenvalue weighted by atomic mass is 9.96. The van der Waals surface area contributed by atoms with Crippen LogP contribution in [-0.4, -0.2) is 111 Å². The molecule has 0 amide bonds. The van der Waals surface area contributed by atoms with Gasteiger partial charge in [-0.3, -0.25) is 29.1 Å². The van der Waals surface area contributed by atoms with Crippen molar-refractivity contribution in [3.63, 3.8) is 0 Å². The van der Waals surface area contributed by atoms with Crippen LogP contribution in [0.3, 0.4) is 0 Å². The van der Waals surface area contributed by atoms with E-state index < -0.39 is 17.9 Å². The van der Waals surface area contributed by atoms with Gasteiger partial charge in [0.05, 0.1) is 24.6 Å². The van der Waals surface area contributed by atoms with Crippen LogP contribution in [0, 0.1) is 5.41 Å². The molecule has 1 unspecified atom stereocenters. The summed E-state index contributed by atoms with van der Waals surface area (Å²) in [4.78, 5) is 40.3. The Balaban J connectivity index is 2.24. The predicted molar refractivity (Wildman–Crippen MR) is 137 cm³/mol. The Labute approximate surface area is 211 Å². The highest BCUT2D eigenvalue weighted by Crippen LogP contribution is 2.20. The lowest BCUT2D eigenvalue weighted by Crippen LogP contribution is -2.49. The number of hydrogen-bond acceptors (Lipinski definition) is 7. The van der Waals surface area contributed by atoms with Crippen LogP contribution >= 0.6 is 12.2 Å². The molecule has 2 rings (SSSR count). The van der Waals surface area contributed by atoms with E-state index >= 15 is 0 Å². The van der Waals surface area contributed by atoms with Crippen molar-refractivity contribution in [1.82, 2.24) is 14.7 Å². The van der Waals surface area contributed by atoms with Gasteiger partial charge >= 0.3 is 17.9 Å². The van der Waals surface area contributed by atoms with Gasteiger partial charge in [-0.05, 0) is 24.1 Å². The number of nitrogens with one attached hydrogen (secondary N) is 1. The van der Waals surface area contributed by atoms with E-state index in [9.17, 15) is 29.7 Å². The lowest BCUT2D eigenvalue weighted by molar-refractivity contribution is -0.140. The molecule has 35 heavy (non-hydrogen) atoms. The molecule has 10 nitrogen and oxygen atoms in total. The zero-order valence-electron chi connectivity index (χ0n) is 20.6. The highest BCUT2D eigenvalue weighted by Gasteiger charge is 2.28. The van der Waals surface area contributed by atoms with Crippen molar-refractivity contribution in [2.24, 2.45) is 5.41 Å². The summed E-state index contributed by atoms with van der Waals surface area (Å²) in [7, 11) is 0. The molecular formula is C24H36N4O6S. The van der Waals surface area contributed by atoms with E-state index in [1.54, 1.807) is 14.7 Å². The minimum absolute atomic E-state index is 0.162. The first-order valence-corrected chi connectivity index (χ1v) is 12.0. The van der Waals surface area contributed by atoms with E-state index in [0.717, 1.165) is 16.2 Å². The Morgan fingerprint density at radius 2 is 1.40 bits per heavy atom. The average Bonchev–Trinajstić information content (AvgIpc) is 2.79. The van der Waals surface area contributed by atoms with Crippen molar-refractivity contribution < 1.29 is 29.7 Å². The van der Waals surface area contributed by atoms with Crippen LogP contribution in [0.5, 0.6) is 0 Å². The van der Waals surface area contributed by atoms with Gasteiger partial charge in [-0.2, -0.15) is 0 Å². The summed E-state index contributed by atoms with van der Waals surface area (Å²) >= 11 is 5.45. The summed E-state index contributed by atoms with van der Waals surface area (Å²) in [5.74, 6) is -2.95. The van der Waals surface area contributed by atoms with Gasteiger partial charge in [-0.1, -0.05) is 45.1 Å². The number of thiocarbonyl (C=S) groups is 1. The van der Waals surface area contributed by atoms with E-state index in [1.165, 1.54) is 0 Å². The third-order valence-electron chi connectivity index (χ3n) is 5.84. The van der Waals surface area contributed by atoms with E-state index in [4.69, 9.17) is 12.2 Å². The van der Waals surface area contributed by atoms with Gasteiger partial charge in [0.25, 0.3) is 0 Å². The molecule has 1 fully saturated rings. The van der Waals surface area contributed by atoms with E-state index in [1.807, 2.05) is 45.0 Å². The van der Waals surface area contributed by atoms with Crippen molar-refractivity contribution in [3.8, 4) is 0 Å². The number of nitrogens with zero attached hydrogens (tertiary/aromatic N) is 3. The molecule has 1 aliphatic heterocycles. The minimum atomic E-state index is -0.987. The topological polar surface area (TPSA) is 134 Å². The summed E-state index contributed by atoms with van der Waals surface area (Å²) in [6.07, 6.45) is 0.520. The zero-order chi connectivity index (χ0) is 26.2. The Morgan fingerprint density at radius 1 is 0.886 bits per heavy atom. The standard InChI is InChI=1S/C24H36N4O6S/c1-24(2,3)23(35)25-18-6-4-17(5-7-18)12-19-13-27(15-21(31)32)9-8-26(14-20(29)30)10-11-28(19)16-22(33)34/h4-7,19H,8-16H2,1-3H3,(H,25,35)(H,29,30)(H,31,32)(H,33,34). The monoisotopic (exact) mass is 508 g/mol. The quantitative estimate of drug-likeness (QED) is 0.362. The molecule has 1 saturated heterocycles. The van der Waals surface area contributed by atoms with Crippen LogP contribution < -0.4 is 5.32 Å². The van der Waals surface area contributed by atoms with Crippen molar-refractivity contribution in [2.45, 2.75) is 33.2 Å². The normalized spacial score (nSPS) is 18.8. The zero-order valence-corrected chi connectivity index (χ0v) is 21.4. The highest BCUT2D eigenvalue weighted by molar-refractivity contribution is 7.80. The van der Waals surface area contributed by atoms with E-state index in [-0.39, 0.29) is 31.1 Å². The fraction of sp³-hybridized carbons (Fsp3) is 0.583. The van der Waals surface area contributed by atoms with Gasteiger partial charge in [-0.25, -0.2) is 0 Å². The first-order chi connectivity index (χ1) is 16.3. The number of aliphatic carboxylic acids is 3. The molecule has 1 atom stereocenters. The SMILES string of the molecule is CC(C)(C)C(=S)Nc1ccc(CC2CN(CC(=O)O)CCN(CC(=O)O)CCN2CC(=O)O)cc1. The van der Waals surface area contributed by atoms with Crippen LogP contribution in [0.1, 0.15) is 26.3 Å². The van der Waals surface area contributed by atoms with Gasteiger partial charge in [0, 0.05) is 49.9 Å². The summed E-state index contributed by atoms with van der Waals surface area (Å²) in [5.41, 5.74) is 1.68. The van der Waals surface area contributed by atoms with Gasteiger partial charge in [0.15, 0.2) is 0 Å². The van der Waals surface area contributed by atoms with E-state index in [2.05, 4.69) is 5.32 Å². The van der Waals surface area contributed by atoms with Gasteiger partial charge in [-0.15, -0.1) is 0 Å². The second-order valence-corrected chi connectivity index (χ2v) is 10.3. The predicted octanol–water partition coefficient (Wildman–Crippen LogP) is 1.56. The van der Waals surface area contributed by atoms with Crippen molar-refractivity contribution in [2.75, 3.05) is 57.7 Å². The number of carbonyl (C=O) groups is 3. The van der Waals surface area contributed by atoms with E-state index in [0.29, 0.717) is 39.1 Å². The summed E-state index contributed by atoms with van der Waals surface area (Å²) in [6.45, 7) is 7.37. The molecule has 0 radical (unpaired) electrons. The third kappa shape index (κ3) is 10.3. The van der Waals surface area contributed by atoms with Crippen LogP contribution in [0.15, 0.2) is 24.3 Å². The molecule has 194 valence electrons. The Morgan fingerprint density at radius 3 is 1.94 bits per heavy atom. The number of benzene rings is 1. The van der Waals surface area contributed by atoms with Gasteiger partial charge in [0.2, 0.25) is 0 Å². The molecule has 4 N–H and O–H groups in total. The maximum atomic E-state index is 11.6. The summed E-state index contributed by atoms with van der Waals surface area (Å²) in [5, 5.41) is 31.4. The number of anilines is 1. The maximum absolute atomic E-state index is 11.6. The van der Waals surface area contributed by atoms with Crippen molar-refractivity contribution >= 4 is 40.8 Å². The van der Waals surface area contributed by atoms with Gasteiger partial charge in [0.1, 0.15) is 0 Å². The first-order valence-electron chi connectivity index (χ1n) is 11.6. The average molecular weight is 509 g/mol. The Bertz CT molecular complexity index is 902. The smallest absolute Gasteiger partial charge is 0.317 e. The second kappa shape index (κ2) is 12.9. The largest absolute Gasteiger partial charge is 0.480 e. The Hall–Kier alpha value is -2.60. The summed E-state index contributed by atoms with van der Waals surface area (Å²) in [6, 6.07) is 7.50. The molecule has 1 aromatic rings. The highest BCUT2D eigenvalue weighted by atomic mass is 32.1. The van der Waals surface area contributed by atoms with Crippen LogP contribution in [0.4, 0.5) is 5.69 Å². The molecule has 0 bridgehead atoms. The van der Waals surface area contributed by atoms with Crippen LogP contribution in [-0.2, 0) is 20.8 Å². The molecule has 11 heteroatoms. The van der Waals surface area contributed by atoms with Crippen LogP contribution in [0.2, 0.25) is 0 Å². The van der Waals surface area contributed by atoms with Crippen molar-refractivity contribution in [3.05, 3.63) is 29.8 Å². The second-order valence-electron chi connectivity index (χ2n) is 9.92. The number of rotatable bonds is 9. The number of hydrogen-bond donors (Lipinski definition) is 4. The fourth-order valence-electron chi connectivity index (χ4n) is 3.93. The van der Waals surface area contributed by atoms with Gasteiger partial charge < -0.3 is 20.6 Å². The molecule has 1 heterocycles. The Kier molecular flexibility index (Phi) is 10.6. The molecule has 1 aliphatic rings. The summed E-state index contributed by atoms with van der Waals surface area (Å²) < 4.78 is 0. The lowest BCUT2D eigenvalue weighted by Gasteiger charge is -2.33. The molecular weight excluding hydrogens is 472 g/mol. The molecule has 0 aliphatic carbocycles. The molecule has 0 spiro atoms. The third-order valence-corrected chi connectivity index (χ3v) is 6.56. The maximum Gasteiger partial charge on any atom is 0.317 e. The van der Waals surface area contributed by atoms with Crippen molar-refractivity contribution in [1.29, 1.82) is 0 Å². The van der Waals surface area contributed by atoms with Crippen LogP contribution in [0.25, 0.3) is 0 Å². The fourth-order valence-corrected chi connectivity index (χ4v) is 4.04. The number of carboxylic acid groups (broad SMARTS) is 3.